The molecule has 0 radical (unpaired) electrons. The van der Waals surface area contributed by atoms with E-state index in [0.29, 0.717) is 38.6 Å². The van der Waals surface area contributed by atoms with E-state index in [1.807, 2.05) is 37.3 Å². The molecule has 1 fully saturated rings. The van der Waals surface area contributed by atoms with E-state index in [0.717, 1.165) is 10.5 Å². The normalized spacial score (nSPS) is 18.3. The summed E-state index contributed by atoms with van der Waals surface area (Å²) in [7, 11) is -3.42. The summed E-state index contributed by atoms with van der Waals surface area (Å²) >= 11 is 0. The molecule has 1 atom stereocenters. The SMILES string of the molecule is CC(C)[C@H](C)NC(=O)C[NH+]1CCN(S(=O)(=O)/C=C/c2ccccc2)CC1. The van der Waals surface area contributed by atoms with Crippen LogP contribution in [0, 0.1) is 5.92 Å². The van der Waals surface area contributed by atoms with Crippen LogP contribution in [0.1, 0.15) is 26.3 Å². The van der Waals surface area contributed by atoms with Gasteiger partial charge < -0.3 is 10.2 Å². The number of quaternary nitrogens is 1. The maximum atomic E-state index is 12.5. The van der Waals surface area contributed by atoms with E-state index in [9.17, 15) is 13.2 Å². The first-order chi connectivity index (χ1) is 12.3. The average Bonchev–Trinajstić information content (AvgIpc) is 2.61. The van der Waals surface area contributed by atoms with Gasteiger partial charge in [-0.1, -0.05) is 44.2 Å². The van der Waals surface area contributed by atoms with Crippen molar-refractivity contribution in [3.63, 3.8) is 0 Å². The van der Waals surface area contributed by atoms with E-state index in [2.05, 4.69) is 19.2 Å². The van der Waals surface area contributed by atoms with Crippen molar-refractivity contribution in [3.8, 4) is 0 Å². The van der Waals surface area contributed by atoms with Crippen molar-refractivity contribution in [1.82, 2.24) is 9.62 Å². The topological polar surface area (TPSA) is 70.9 Å². The molecule has 2 N–H and O–H groups in total. The molecular formula is C19H30N3O3S+. The second kappa shape index (κ2) is 9.30. The lowest BCUT2D eigenvalue weighted by atomic mass is 10.1. The quantitative estimate of drug-likeness (QED) is 0.717. The van der Waals surface area contributed by atoms with Crippen LogP contribution < -0.4 is 10.2 Å². The van der Waals surface area contributed by atoms with Gasteiger partial charge in [-0.3, -0.25) is 4.79 Å². The van der Waals surface area contributed by atoms with Gasteiger partial charge in [-0.2, -0.15) is 4.31 Å². The van der Waals surface area contributed by atoms with E-state index >= 15 is 0 Å². The molecule has 144 valence electrons. The number of amides is 1. The van der Waals surface area contributed by atoms with Crippen LogP contribution in [0.25, 0.3) is 6.08 Å². The zero-order chi connectivity index (χ0) is 19.2. The van der Waals surface area contributed by atoms with Gasteiger partial charge in [0.15, 0.2) is 6.54 Å². The Kier molecular flexibility index (Phi) is 7.37. The van der Waals surface area contributed by atoms with Gasteiger partial charge >= 0.3 is 0 Å². The maximum absolute atomic E-state index is 12.5. The molecule has 1 aliphatic rings. The molecule has 1 amide bonds. The smallest absolute Gasteiger partial charge is 0.275 e. The number of nitrogens with zero attached hydrogens (tertiary/aromatic N) is 1. The molecule has 1 saturated heterocycles. The highest BCUT2D eigenvalue weighted by Gasteiger charge is 2.28. The number of benzene rings is 1. The molecule has 0 unspecified atom stereocenters. The zero-order valence-electron chi connectivity index (χ0n) is 15.8. The fourth-order valence-corrected chi connectivity index (χ4v) is 3.94. The van der Waals surface area contributed by atoms with Crippen LogP contribution in [0.5, 0.6) is 0 Å². The molecule has 1 heterocycles. The van der Waals surface area contributed by atoms with Crippen LogP contribution in [0.2, 0.25) is 0 Å². The Bertz CT molecular complexity index is 709. The highest BCUT2D eigenvalue weighted by Crippen LogP contribution is 2.08. The van der Waals surface area contributed by atoms with Gasteiger partial charge in [0.05, 0.1) is 26.2 Å². The van der Waals surface area contributed by atoms with Crippen LogP contribution in [0.3, 0.4) is 0 Å². The summed E-state index contributed by atoms with van der Waals surface area (Å²) in [4.78, 5) is 13.2. The molecule has 2 rings (SSSR count). The Morgan fingerprint density at radius 2 is 1.81 bits per heavy atom. The van der Waals surface area contributed by atoms with E-state index in [4.69, 9.17) is 0 Å². The number of piperazine rings is 1. The summed E-state index contributed by atoms with van der Waals surface area (Å²) in [6.45, 7) is 8.69. The lowest BCUT2D eigenvalue weighted by Crippen LogP contribution is -3.15. The van der Waals surface area contributed by atoms with E-state index in [1.165, 1.54) is 9.71 Å². The number of carbonyl (C=O) groups excluding carboxylic acids is 1. The van der Waals surface area contributed by atoms with Crippen LogP contribution in [0.4, 0.5) is 0 Å². The van der Waals surface area contributed by atoms with Gasteiger partial charge in [0.25, 0.3) is 5.91 Å². The Morgan fingerprint density at radius 3 is 2.38 bits per heavy atom. The summed E-state index contributed by atoms with van der Waals surface area (Å²) in [6, 6.07) is 9.52. The van der Waals surface area contributed by atoms with Crippen molar-refractivity contribution < 1.29 is 18.1 Å². The summed E-state index contributed by atoms with van der Waals surface area (Å²) < 4.78 is 26.4. The summed E-state index contributed by atoms with van der Waals surface area (Å²) in [5.41, 5.74) is 0.858. The van der Waals surface area contributed by atoms with Gasteiger partial charge in [0.2, 0.25) is 10.0 Å². The molecule has 0 aliphatic carbocycles. The van der Waals surface area contributed by atoms with Crippen LogP contribution in [-0.2, 0) is 14.8 Å². The van der Waals surface area contributed by atoms with Gasteiger partial charge in [0.1, 0.15) is 0 Å². The number of carbonyl (C=O) groups is 1. The average molecular weight is 381 g/mol. The summed E-state index contributed by atoms with van der Waals surface area (Å²) in [5.74, 6) is 0.425. The Hall–Kier alpha value is -1.70. The maximum Gasteiger partial charge on any atom is 0.275 e. The highest BCUT2D eigenvalue weighted by atomic mass is 32.2. The van der Waals surface area contributed by atoms with Crippen molar-refractivity contribution in [2.24, 2.45) is 5.92 Å². The number of rotatable bonds is 7. The molecule has 7 heteroatoms. The molecule has 6 nitrogen and oxygen atoms in total. The standard InChI is InChI=1S/C19H29N3O3S/c1-16(2)17(3)20-19(23)15-21-10-12-22(13-11-21)26(24,25)14-9-18-7-5-4-6-8-18/h4-9,14,16-17H,10-13,15H2,1-3H3,(H,20,23)/p+1/b14-9+/t17-/m0/s1. The third-order valence-corrected chi connectivity index (χ3v) is 6.39. The van der Waals surface area contributed by atoms with E-state index in [1.54, 1.807) is 6.08 Å². The van der Waals surface area contributed by atoms with Gasteiger partial charge in [-0.15, -0.1) is 0 Å². The number of nitrogens with one attached hydrogen (secondary N) is 2. The molecule has 0 saturated carbocycles. The van der Waals surface area contributed by atoms with Gasteiger partial charge in [-0.05, 0) is 24.5 Å². The first-order valence-corrected chi connectivity index (χ1v) is 10.6. The first kappa shape index (κ1) is 20.6. The molecule has 26 heavy (non-hydrogen) atoms. The van der Waals surface area contributed by atoms with Crippen LogP contribution in [-0.4, -0.2) is 57.4 Å². The lowest BCUT2D eigenvalue weighted by Gasteiger charge is -2.30. The largest absolute Gasteiger partial charge is 0.348 e. The molecule has 1 aromatic rings. The third kappa shape index (κ3) is 6.23. The minimum atomic E-state index is -3.42. The Balaban J connectivity index is 1.83. The lowest BCUT2D eigenvalue weighted by molar-refractivity contribution is -0.895. The van der Waals surface area contributed by atoms with Crippen molar-refractivity contribution in [1.29, 1.82) is 0 Å². The highest BCUT2D eigenvalue weighted by molar-refractivity contribution is 7.92. The van der Waals surface area contributed by atoms with Crippen LogP contribution in [0.15, 0.2) is 35.7 Å². The Morgan fingerprint density at radius 1 is 1.19 bits per heavy atom. The fourth-order valence-electron chi connectivity index (χ4n) is 2.75. The molecule has 0 bridgehead atoms. The second-order valence-corrected chi connectivity index (χ2v) is 9.00. The van der Waals surface area contributed by atoms with Crippen molar-refractivity contribution in [3.05, 3.63) is 41.3 Å². The van der Waals surface area contributed by atoms with Crippen molar-refractivity contribution in [2.75, 3.05) is 32.7 Å². The summed E-state index contributed by atoms with van der Waals surface area (Å²) in [6.07, 6.45) is 1.62. The van der Waals surface area contributed by atoms with Gasteiger partial charge in [0, 0.05) is 11.4 Å². The monoisotopic (exact) mass is 380 g/mol. The molecule has 1 aromatic carbocycles. The molecule has 0 spiro atoms. The van der Waals surface area contributed by atoms with E-state index in [-0.39, 0.29) is 11.9 Å². The summed E-state index contributed by atoms with van der Waals surface area (Å²) in [5, 5.41) is 4.27. The van der Waals surface area contributed by atoms with Crippen molar-refractivity contribution in [2.45, 2.75) is 26.8 Å². The predicted octanol–water partition coefficient (Wildman–Crippen LogP) is 0.348. The number of hydrogen-bond donors (Lipinski definition) is 2. The molecular weight excluding hydrogens is 350 g/mol. The number of sulfonamides is 1. The minimum absolute atomic E-state index is 0.0291. The molecule has 0 aromatic heterocycles. The van der Waals surface area contributed by atoms with Crippen molar-refractivity contribution >= 4 is 22.0 Å². The van der Waals surface area contributed by atoms with Crippen LogP contribution >= 0.6 is 0 Å². The predicted molar refractivity (Wildman–Crippen MR) is 104 cm³/mol. The Labute approximate surface area is 156 Å². The van der Waals surface area contributed by atoms with E-state index < -0.39 is 10.0 Å². The second-order valence-electron chi connectivity index (χ2n) is 7.18. The van der Waals surface area contributed by atoms with Gasteiger partial charge in [-0.25, -0.2) is 8.42 Å². The first-order valence-electron chi connectivity index (χ1n) is 9.14. The molecule has 1 aliphatic heterocycles. The number of hydrogen-bond acceptors (Lipinski definition) is 3. The zero-order valence-corrected chi connectivity index (χ0v) is 16.6. The fraction of sp³-hybridized carbons (Fsp3) is 0.526. The minimum Gasteiger partial charge on any atom is -0.348 e. The third-order valence-electron chi connectivity index (χ3n) is 4.82.